The van der Waals surface area contributed by atoms with Gasteiger partial charge in [0.1, 0.15) is 11.8 Å². The molecule has 8 heteroatoms. The lowest BCUT2D eigenvalue weighted by atomic mass is 10.5. The fraction of sp³-hybridized carbons (Fsp3) is 0. The highest BCUT2D eigenvalue weighted by atomic mass is 32.1. The highest BCUT2D eigenvalue weighted by Crippen LogP contribution is 2.12. The van der Waals surface area contributed by atoms with E-state index in [0.717, 1.165) is 0 Å². The van der Waals surface area contributed by atoms with Crippen LogP contribution in [0.15, 0.2) is 12.7 Å². The summed E-state index contributed by atoms with van der Waals surface area (Å²) in [5, 5.41) is 0.135. The highest BCUT2D eigenvalue weighted by Gasteiger charge is 2.04. The van der Waals surface area contributed by atoms with Gasteiger partial charge in [0, 0.05) is 0 Å². The van der Waals surface area contributed by atoms with Crippen molar-refractivity contribution in [3.63, 3.8) is 0 Å². The molecule has 0 spiro atoms. The Labute approximate surface area is 84.1 Å². The number of thiocarbonyl (C=S) groups is 1. The Kier molecular flexibility index (Phi) is 2.11. The van der Waals surface area contributed by atoms with Crippen LogP contribution in [0.3, 0.4) is 0 Å². The topological polar surface area (TPSA) is 105 Å². The summed E-state index contributed by atoms with van der Waals surface area (Å²) in [7, 11) is 0. The minimum absolute atomic E-state index is 0.135. The molecule has 72 valence electrons. The summed E-state index contributed by atoms with van der Waals surface area (Å²) in [5.74, 6) is 0.542. The summed E-state index contributed by atoms with van der Waals surface area (Å²) >= 11 is 4.63. The second-order valence-corrected chi connectivity index (χ2v) is 2.88. The Morgan fingerprint density at radius 1 is 1.43 bits per heavy atom. The monoisotopic (exact) mass is 209 g/mol. The predicted octanol–water partition coefficient (Wildman–Crippen LogP) is -0.487. The number of imidazole rings is 1. The van der Waals surface area contributed by atoms with Crippen molar-refractivity contribution < 1.29 is 0 Å². The molecule has 0 saturated carbocycles. The molecule has 0 unspecified atom stereocenters. The number of nitrogens with two attached hydrogens (primary N) is 1. The fourth-order valence-corrected chi connectivity index (χ4v) is 1.03. The molecule has 0 amide bonds. The van der Waals surface area contributed by atoms with Crippen molar-refractivity contribution in [1.82, 2.24) is 25.4 Å². The maximum atomic E-state index is 5.25. The molecule has 0 aliphatic rings. The van der Waals surface area contributed by atoms with Gasteiger partial charge in [0.05, 0.1) is 6.33 Å². The van der Waals surface area contributed by atoms with Gasteiger partial charge in [0.15, 0.2) is 16.6 Å². The van der Waals surface area contributed by atoms with Crippen LogP contribution in [0, 0.1) is 0 Å². The maximum Gasteiger partial charge on any atom is 0.182 e. The number of hydrogen-bond donors (Lipinski definition) is 4. The Hall–Kier alpha value is -1.96. The largest absolute Gasteiger partial charge is 0.375 e. The van der Waals surface area contributed by atoms with Crippen LogP contribution in [0.2, 0.25) is 0 Å². The third kappa shape index (κ3) is 1.55. The predicted molar refractivity (Wildman–Crippen MR) is 55.2 cm³/mol. The van der Waals surface area contributed by atoms with Crippen LogP contribution in [0.1, 0.15) is 0 Å². The van der Waals surface area contributed by atoms with E-state index in [1.165, 1.54) is 12.7 Å². The molecule has 0 saturated heterocycles. The van der Waals surface area contributed by atoms with Gasteiger partial charge >= 0.3 is 0 Å². The molecule has 0 atom stereocenters. The van der Waals surface area contributed by atoms with Gasteiger partial charge in [-0.25, -0.2) is 15.0 Å². The zero-order valence-electron chi connectivity index (χ0n) is 6.98. The number of hydrazine groups is 1. The van der Waals surface area contributed by atoms with Crippen LogP contribution in [0.4, 0.5) is 5.82 Å². The molecule has 0 aliphatic carbocycles. The molecule has 2 aromatic rings. The van der Waals surface area contributed by atoms with Crippen LogP contribution in [-0.4, -0.2) is 25.0 Å². The third-order valence-corrected chi connectivity index (χ3v) is 1.63. The van der Waals surface area contributed by atoms with Crippen molar-refractivity contribution in [2.45, 2.75) is 0 Å². The molecule has 0 aromatic carbocycles. The number of aromatic amines is 1. The number of fused-ring (bicyclic) bond motifs is 1. The van der Waals surface area contributed by atoms with E-state index in [1.54, 1.807) is 0 Å². The number of anilines is 1. The fourth-order valence-electron chi connectivity index (χ4n) is 0.981. The van der Waals surface area contributed by atoms with Crippen molar-refractivity contribution in [2.75, 3.05) is 5.43 Å². The number of nitrogens with zero attached hydrogens (tertiary/aromatic N) is 3. The van der Waals surface area contributed by atoms with Gasteiger partial charge in [-0.2, -0.15) is 0 Å². The van der Waals surface area contributed by atoms with Crippen LogP contribution in [0.5, 0.6) is 0 Å². The molecule has 0 bridgehead atoms. The van der Waals surface area contributed by atoms with Crippen molar-refractivity contribution in [2.24, 2.45) is 5.73 Å². The third-order valence-electron chi connectivity index (χ3n) is 1.53. The van der Waals surface area contributed by atoms with E-state index in [1.807, 2.05) is 0 Å². The molecule has 5 N–H and O–H groups in total. The first kappa shape index (κ1) is 8.63. The molecule has 0 fully saturated rings. The molecule has 2 aromatic heterocycles. The van der Waals surface area contributed by atoms with Gasteiger partial charge < -0.3 is 10.7 Å². The van der Waals surface area contributed by atoms with E-state index in [0.29, 0.717) is 17.0 Å². The highest BCUT2D eigenvalue weighted by molar-refractivity contribution is 7.80. The Morgan fingerprint density at radius 3 is 3.07 bits per heavy atom. The van der Waals surface area contributed by atoms with E-state index in [-0.39, 0.29) is 5.11 Å². The van der Waals surface area contributed by atoms with Gasteiger partial charge in [-0.05, 0) is 12.2 Å². The lowest BCUT2D eigenvalue weighted by Gasteiger charge is -2.05. The first-order valence-corrected chi connectivity index (χ1v) is 4.14. The molecule has 2 rings (SSSR count). The Bertz CT molecular complexity index is 464. The quantitative estimate of drug-likeness (QED) is 0.391. The minimum atomic E-state index is 0.135. The van der Waals surface area contributed by atoms with Gasteiger partial charge in [-0.15, -0.1) is 0 Å². The van der Waals surface area contributed by atoms with Crippen molar-refractivity contribution >= 4 is 34.3 Å². The zero-order valence-corrected chi connectivity index (χ0v) is 7.80. The lowest BCUT2D eigenvalue weighted by Crippen LogP contribution is -2.34. The summed E-state index contributed by atoms with van der Waals surface area (Å²) in [6.45, 7) is 0. The summed E-state index contributed by atoms with van der Waals surface area (Å²) in [4.78, 5) is 14.8. The van der Waals surface area contributed by atoms with Gasteiger partial charge in [-0.3, -0.25) is 10.9 Å². The zero-order chi connectivity index (χ0) is 9.97. The molecule has 2 heterocycles. The average Bonchev–Trinajstić information content (AvgIpc) is 2.62. The summed E-state index contributed by atoms with van der Waals surface area (Å²) in [5.41, 5.74) is 11.8. The van der Waals surface area contributed by atoms with E-state index < -0.39 is 0 Å². The van der Waals surface area contributed by atoms with E-state index in [9.17, 15) is 0 Å². The lowest BCUT2D eigenvalue weighted by molar-refractivity contribution is 1.08. The average molecular weight is 209 g/mol. The minimum Gasteiger partial charge on any atom is -0.375 e. The normalized spacial score (nSPS) is 10.0. The molecule has 0 radical (unpaired) electrons. The number of nitrogens with one attached hydrogen (secondary N) is 3. The van der Waals surface area contributed by atoms with Crippen LogP contribution in [-0.2, 0) is 0 Å². The summed E-state index contributed by atoms with van der Waals surface area (Å²) in [6, 6.07) is 0. The second-order valence-electron chi connectivity index (χ2n) is 2.44. The SMILES string of the molecule is NC(=S)NNc1ncnc2nc[nH]c12. The van der Waals surface area contributed by atoms with Gasteiger partial charge in [0.2, 0.25) is 0 Å². The maximum absolute atomic E-state index is 5.25. The van der Waals surface area contributed by atoms with Crippen LogP contribution < -0.4 is 16.6 Å². The van der Waals surface area contributed by atoms with Crippen LogP contribution >= 0.6 is 12.2 Å². The molecular formula is C6H7N7S. The van der Waals surface area contributed by atoms with E-state index in [2.05, 4.69) is 43.0 Å². The second kappa shape index (κ2) is 3.42. The number of rotatable bonds is 2. The van der Waals surface area contributed by atoms with Crippen molar-refractivity contribution in [3.05, 3.63) is 12.7 Å². The number of H-pyrrole nitrogens is 1. The summed E-state index contributed by atoms with van der Waals surface area (Å²) < 4.78 is 0. The number of hydrogen-bond acceptors (Lipinski definition) is 5. The van der Waals surface area contributed by atoms with Crippen LogP contribution in [0.25, 0.3) is 11.2 Å². The Balaban J connectivity index is 2.32. The smallest absolute Gasteiger partial charge is 0.182 e. The molecule has 14 heavy (non-hydrogen) atoms. The summed E-state index contributed by atoms with van der Waals surface area (Å²) in [6.07, 6.45) is 2.93. The number of aromatic nitrogens is 4. The van der Waals surface area contributed by atoms with Gasteiger partial charge in [-0.1, -0.05) is 0 Å². The molecule has 7 nitrogen and oxygen atoms in total. The van der Waals surface area contributed by atoms with Gasteiger partial charge in [0.25, 0.3) is 0 Å². The standard InChI is InChI=1S/C6H7N7S/c7-6(14)13-12-5-3-4(9-1-8-3)10-2-11-5/h1-2H,(H3,7,13,14)(H2,8,9,10,11,12). The Morgan fingerprint density at radius 2 is 2.29 bits per heavy atom. The first-order chi connectivity index (χ1) is 6.77. The van der Waals surface area contributed by atoms with E-state index in [4.69, 9.17) is 5.73 Å². The van der Waals surface area contributed by atoms with E-state index >= 15 is 0 Å². The first-order valence-electron chi connectivity index (χ1n) is 3.73. The van der Waals surface area contributed by atoms with Crippen molar-refractivity contribution in [3.8, 4) is 0 Å². The molecular weight excluding hydrogens is 202 g/mol. The van der Waals surface area contributed by atoms with Crippen molar-refractivity contribution in [1.29, 1.82) is 0 Å². The molecule has 0 aliphatic heterocycles.